The van der Waals surface area contributed by atoms with Crippen molar-refractivity contribution in [1.82, 2.24) is 19.9 Å². The molecule has 0 saturated carbocycles. The third-order valence-corrected chi connectivity index (χ3v) is 10.6. The molecule has 2 heterocycles. The van der Waals surface area contributed by atoms with Crippen molar-refractivity contribution < 1.29 is 104 Å². The van der Waals surface area contributed by atoms with Crippen LogP contribution in [0.3, 0.4) is 0 Å². The average Bonchev–Trinajstić information content (AvgIpc) is 3.29. The van der Waals surface area contributed by atoms with Crippen LogP contribution in [0.5, 0.6) is 46.3 Å². The Labute approximate surface area is 423 Å². The Bertz CT molecular complexity index is 2970. The van der Waals surface area contributed by atoms with Crippen molar-refractivity contribution in [2.45, 2.75) is 9.79 Å². The summed E-state index contributed by atoms with van der Waals surface area (Å²) in [7, 11) is -10.2. The van der Waals surface area contributed by atoms with Crippen molar-refractivity contribution >= 4 is 55.7 Å². The first-order valence-electron chi connectivity index (χ1n) is 19.0. The molecule has 0 aliphatic rings. The Balaban J connectivity index is 0.00000360. The summed E-state index contributed by atoms with van der Waals surface area (Å²) in [6.07, 6.45) is 5.14. The van der Waals surface area contributed by atoms with Crippen LogP contribution < -0.4 is 88.7 Å². The van der Waals surface area contributed by atoms with Gasteiger partial charge in [0, 0.05) is 11.4 Å². The normalized spacial score (nSPS) is 11.1. The maximum absolute atomic E-state index is 12.6. The molecule has 0 radical (unpaired) electrons. The Kier molecular flexibility index (Phi) is 16.7. The fraction of sp³-hybridized carbons (Fsp3) is 0. The first-order valence-corrected chi connectivity index (χ1v) is 21.8. The van der Waals surface area contributed by atoms with Gasteiger partial charge in [-0.1, -0.05) is 97.1 Å². The zero-order chi connectivity index (χ0) is 44.5. The van der Waals surface area contributed by atoms with Crippen molar-refractivity contribution in [2.24, 2.45) is 0 Å². The van der Waals surface area contributed by atoms with Gasteiger partial charge < -0.3 is 38.7 Å². The van der Waals surface area contributed by atoms with E-state index < -0.39 is 30.0 Å². The van der Waals surface area contributed by atoms with E-state index in [4.69, 9.17) is 18.9 Å². The molecule has 16 nitrogen and oxygen atoms in total. The van der Waals surface area contributed by atoms with E-state index in [0.29, 0.717) is 23.0 Å². The molecule has 0 saturated heterocycles. The molecule has 6 aromatic carbocycles. The Morgan fingerprint density at radius 2 is 0.758 bits per heavy atom. The van der Waals surface area contributed by atoms with Gasteiger partial charge >= 0.3 is 59.1 Å². The van der Waals surface area contributed by atoms with E-state index in [9.17, 15) is 25.9 Å². The molecule has 2 N–H and O–H groups in total. The van der Waals surface area contributed by atoms with Crippen molar-refractivity contribution in [3.8, 4) is 46.3 Å². The summed E-state index contributed by atoms with van der Waals surface area (Å²) >= 11 is 0. The molecule has 0 aliphatic heterocycles. The van der Waals surface area contributed by atoms with Crippen LogP contribution in [0.4, 0.5) is 23.3 Å². The number of anilines is 4. The van der Waals surface area contributed by atoms with E-state index >= 15 is 0 Å². The predicted molar refractivity (Wildman–Crippen MR) is 234 cm³/mol. The van der Waals surface area contributed by atoms with Gasteiger partial charge in [0.1, 0.15) is 43.2 Å². The molecular weight excluding hydrogens is 907 g/mol. The summed E-state index contributed by atoms with van der Waals surface area (Å²) in [5.41, 5.74) is 0.0300. The number of hydrogen-bond donors (Lipinski definition) is 2. The molecular formula is C46H32N6Na2O10S2. The van der Waals surface area contributed by atoms with E-state index in [0.717, 1.165) is 12.1 Å². The number of nitrogens with one attached hydrogen (secondary N) is 2. The molecule has 0 amide bonds. The van der Waals surface area contributed by atoms with Gasteiger partial charge in [0.2, 0.25) is 23.4 Å². The molecule has 0 spiro atoms. The second-order valence-electron chi connectivity index (χ2n) is 13.4. The van der Waals surface area contributed by atoms with Crippen molar-refractivity contribution in [3.63, 3.8) is 0 Å². The predicted octanol–water partition coefficient (Wildman–Crippen LogP) is 3.91. The minimum atomic E-state index is -5.12. The summed E-state index contributed by atoms with van der Waals surface area (Å²) in [6.45, 7) is 0. The van der Waals surface area contributed by atoms with Crippen LogP contribution in [0.2, 0.25) is 0 Å². The van der Waals surface area contributed by atoms with Gasteiger partial charge in [-0.2, -0.15) is 9.97 Å². The first kappa shape index (κ1) is 49.3. The van der Waals surface area contributed by atoms with Crippen LogP contribution in [0.25, 0.3) is 12.2 Å². The third-order valence-electron chi connectivity index (χ3n) is 8.82. The number of benzene rings is 6. The van der Waals surface area contributed by atoms with Crippen molar-refractivity contribution in [3.05, 3.63) is 181 Å². The van der Waals surface area contributed by atoms with Gasteiger partial charge in [0.25, 0.3) is 11.8 Å². The maximum atomic E-state index is 12.6. The van der Waals surface area contributed by atoms with Gasteiger partial charge in [0.05, 0.1) is 22.2 Å². The standard InChI is InChI=1S/C46H34N6O10S2.2Na/c53-63(54,55)41-27-33(49-45-47-29-39(59-35-13-5-1-6-14-35)43(51-45)61-37-17-9-3-10-18-37)25-23-31(41)21-22-32-24-26-34(28-42(32)64(56,57)58)50-46-48-30-40(60-36-15-7-2-8-16-36)44(52-46)62-38-19-11-4-12-20-38;;/h1-30H,(H,47,49,51)(H,48,50,52)(H,53,54,55)(H,56,57,58);;/q;2*+1/p-2/b22-21+;;. The molecule has 0 bridgehead atoms. The van der Waals surface area contributed by atoms with Gasteiger partial charge in [-0.05, 0) is 83.9 Å². The number of aromatic nitrogens is 4. The van der Waals surface area contributed by atoms with Crippen LogP contribution in [0, 0.1) is 0 Å². The number of hydrogen-bond acceptors (Lipinski definition) is 16. The molecule has 320 valence electrons. The zero-order valence-electron chi connectivity index (χ0n) is 35.0. The Morgan fingerprint density at radius 3 is 1.08 bits per heavy atom. The average molecular weight is 939 g/mol. The summed E-state index contributed by atoms with van der Waals surface area (Å²) in [6, 6.07) is 43.1. The number of nitrogens with zero attached hydrogens (tertiary/aromatic N) is 4. The van der Waals surface area contributed by atoms with Gasteiger partial charge in [-0.15, -0.1) is 0 Å². The molecule has 66 heavy (non-hydrogen) atoms. The fourth-order valence-electron chi connectivity index (χ4n) is 5.92. The fourth-order valence-corrected chi connectivity index (χ4v) is 7.31. The van der Waals surface area contributed by atoms with E-state index in [1.807, 2.05) is 24.3 Å². The quantitative estimate of drug-likeness (QED) is 0.0796. The van der Waals surface area contributed by atoms with Crippen LogP contribution in [-0.2, 0) is 20.2 Å². The largest absolute Gasteiger partial charge is 1.00 e. The first-order chi connectivity index (χ1) is 30.9. The van der Waals surface area contributed by atoms with E-state index in [2.05, 4.69) is 30.6 Å². The topological polar surface area (TPSA) is 227 Å². The SMILES string of the molecule is O=S(=O)([O-])c1cc(Nc2ncc(Oc3ccccc3)c(Oc3ccccc3)n2)ccc1/C=C/c1ccc(Nc2ncc(Oc3ccccc3)c(Oc3ccccc3)n2)cc1S(=O)(=O)[O-].[Na+].[Na+]. The Morgan fingerprint density at radius 1 is 0.439 bits per heavy atom. The summed E-state index contributed by atoms with van der Waals surface area (Å²) < 4.78 is 99.3. The second kappa shape index (κ2) is 22.4. The minimum Gasteiger partial charge on any atom is -0.744 e. The van der Waals surface area contributed by atoms with Crippen LogP contribution in [0.1, 0.15) is 11.1 Å². The van der Waals surface area contributed by atoms with E-state index in [1.54, 1.807) is 97.1 Å². The number of ether oxygens (including phenoxy) is 4. The van der Waals surface area contributed by atoms with E-state index in [1.165, 1.54) is 48.8 Å². The van der Waals surface area contributed by atoms with Gasteiger partial charge in [-0.3, -0.25) is 0 Å². The minimum absolute atomic E-state index is 0. The molecule has 0 unspecified atom stereocenters. The molecule has 0 aliphatic carbocycles. The van der Waals surface area contributed by atoms with Crippen LogP contribution in [0.15, 0.2) is 180 Å². The number of para-hydroxylation sites is 4. The van der Waals surface area contributed by atoms with Gasteiger partial charge in [-0.25, -0.2) is 26.8 Å². The monoisotopic (exact) mass is 938 g/mol. The third kappa shape index (κ3) is 13.2. The molecule has 8 aromatic rings. The van der Waals surface area contributed by atoms with Crippen molar-refractivity contribution in [1.29, 1.82) is 0 Å². The molecule has 0 atom stereocenters. The second-order valence-corrected chi connectivity index (χ2v) is 16.1. The summed E-state index contributed by atoms with van der Waals surface area (Å²) in [4.78, 5) is 16.1. The Hall–Kier alpha value is -6.16. The van der Waals surface area contributed by atoms with Gasteiger partial charge in [0.15, 0.2) is 0 Å². The van der Waals surface area contributed by atoms with Crippen molar-refractivity contribution in [2.75, 3.05) is 10.6 Å². The molecule has 2 aromatic heterocycles. The summed E-state index contributed by atoms with van der Waals surface area (Å²) in [5, 5.41) is 5.76. The van der Waals surface area contributed by atoms with Crippen LogP contribution >= 0.6 is 0 Å². The zero-order valence-corrected chi connectivity index (χ0v) is 40.6. The molecule has 20 heteroatoms. The molecule has 8 rings (SSSR count). The smallest absolute Gasteiger partial charge is 0.744 e. The summed E-state index contributed by atoms with van der Waals surface area (Å²) in [5.74, 6) is 2.31. The number of rotatable bonds is 16. The van der Waals surface area contributed by atoms with Crippen LogP contribution in [-0.4, -0.2) is 45.9 Å². The molecule has 0 fully saturated rings. The van der Waals surface area contributed by atoms with E-state index in [-0.39, 0.29) is 117 Å². The maximum Gasteiger partial charge on any atom is 1.00 e.